The summed E-state index contributed by atoms with van der Waals surface area (Å²) in [4.78, 5) is 4.32. The summed E-state index contributed by atoms with van der Waals surface area (Å²) < 4.78 is 11.5. The number of pyridine rings is 1. The van der Waals surface area contributed by atoms with Crippen LogP contribution in [0.1, 0.15) is 19.8 Å². The van der Waals surface area contributed by atoms with Gasteiger partial charge in [0.25, 0.3) is 0 Å². The third-order valence-corrected chi connectivity index (χ3v) is 3.60. The molecule has 2 aromatic rings. The highest BCUT2D eigenvalue weighted by Crippen LogP contribution is 2.30. The van der Waals surface area contributed by atoms with E-state index in [9.17, 15) is 5.11 Å². The van der Waals surface area contributed by atoms with Crippen molar-refractivity contribution in [3.8, 4) is 5.75 Å². The van der Waals surface area contributed by atoms with Gasteiger partial charge in [-0.3, -0.25) is 4.98 Å². The number of rotatable bonds is 5. The molecular weight excluding hydrogens is 254 g/mol. The largest absolute Gasteiger partial charge is 0.487 e. The van der Waals surface area contributed by atoms with E-state index in [0.717, 1.165) is 23.1 Å². The van der Waals surface area contributed by atoms with Crippen LogP contribution in [0.25, 0.3) is 10.9 Å². The first-order valence-corrected chi connectivity index (χ1v) is 7.09. The molecule has 106 valence electrons. The molecule has 1 N–H and O–H groups in total. The number of aliphatic hydroxyl groups excluding tert-OH is 1. The number of aromatic nitrogens is 1. The molecule has 0 radical (unpaired) electrons. The third-order valence-electron chi connectivity index (χ3n) is 3.60. The summed E-state index contributed by atoms with van der Waals surface area (Å²) in [6.45, 7) is 2.71. The monoisotopic (exact) mass is 273 g/mol. The van der Waals surface area contributed by atoms with Crippen LogP contribution >= 0.6 is 0 Å². The van der Waals surface area contributed by atoms with E-state index < -0.39 is 6.10 Å². The number of fused-ring (bicyclic) bond motifs is 1. The molecule has 0 spiro atoms. The van der Waals surface area contributed by atoms with Gasteiger partial charge in [0.15, 0.2) is 0 Å². The number of aliphatic hydroxyl groups is 1. The standard InChI is InChI=1S/C16H19NO3/c1-2-8-19-16-14(18)10-15(16)20-12-6-5-11-4-3-7-17-13(11)9-12/h3-7,9,14-16,18H,2,8,10H2,1H3. The van der Waals surface area contributed by atoms with Crippen molar-refractivity contribution in [3.63, 3.8) is 0 Å². The Kier molecular flexibility index (Phi) is 3.85. The van der Waals surface area contributed by atoms with E-state index >= 15 is 0 Å². The Morgan fingerprint density at radius 3 is 3.05 bits per heavy atom. The predicted molar refractivity (Wildman–Crippen MR) is 76.8 cm³/mol. The first-order valence-electron chi connectivity index (χ1n) is 7.09. The average molecular weight is 273 g/mol. The first kappa shape index (κ1) is 13.3. The fourth-order valence-corrected chi connectivity index (χ4v) is 2.44. The van der Waals surface area contributed by atoms with Crippen LogP contribution in [0.15, 0.2) is 36.5 Å². The van der Waals surface area contributed by atoms with E-state index in [4.69, 9.17) is 9.47 Å². The lowest BCUT2D eigenvalue weighted by atomic mass is 9.88. The fraction of sp³-hybridized carbons (Fsp3) is 0.438. The third kappa shape index (κ3) is 2.62. The minimum Gasteiger partial charge on any atom is -0.487 e. The van der Waals surface area contributed by atoms with E-state index in [1.165, 1.54) is 0 Å². The summed E-state index contributed by atoms with van der Waals surface area (Å²) in [5.41, 5.74) is 0.913. The van der Waals surface area contributed by atoms with Crippen LogP contribution in [0.4, 0.5) is 0 Å². The second-order valence-corrected chi connectivity index (χ2v) is 5.15. The summed E-state index contributed by atoms with van der Waals surface area (Å²) in [5, 5.41) is 10.8. The lowest BCUT2D eigenvalue weighted by molar-refractivity contribution is -0.162. The summed E-state index contributed by atoms with van der Waals surface area (Å²) in [7, 11) is 0. The molecule has 0 aliphatic heterocycles. The number of nitrogens with zero attached hydrogens (tertiary/aromatic N) is 1. The Balaban J connectivity index is 1.69. The molecule has 1 fully saturated rings. The zero-order valence-corrected chi connectivity index (χ0v) is 11.5. The number of ether oxygens (including phenoxy) is 2. The molecule has 1 heterocycles. The molecule has 3 unspecified atom stereocenters. The van der Waals surface area contributed by atoms with E-state index in [1.807, 2.05) is 30.3 Å². The summed E-state index contributed by atoms with van der Waals surface area (Å²) in [6, 6.07) is 9.79. The normalized spacial score (nSPS) is 25.4. The second kappa shape index (κ2) is 5.77. The van der Waals surface area contributed by atoms with Gasteiger partial charge in [-0.25, -0.2) is 0 Å². The molecule has 4 heteroatoms. The number of hydrogen-bond acceptors (Lipinski definition) is 4. The molecule has 3 atom stereocenters. The molecule has 1 aliphatic carbocycles. The van der Waals surface area contributed by atoms with Crippen LogP contribution in [0.2, 0.25) is 0 Å². The van der Waals surface area contributed by atoms with Crippen LogP contribution < -0.4 is 4.74 Å². The van der Waals surface area contributed by atoms with E-state index in [2.05, 4.69) is 11.9 Å². The van der Waals surface area contributed by atoms with E-state index in [1.54, 1.807) is 6.20 Å². The van der Waals surface area contributed by atoms with Crippen molar-refractivity contribution in [2.45, 2.75) is 38.1 Å². The second-order valence-electron chi connectivity index (χ2n) is 5.15. The van der Waals surface area contributed by atoms with Crippen LogP contribution in [0.5, 0.6) is 5.75 Å². The smallest absolute Gasteiger partial charge is 0.130 e. The molecule has 0 amide bonds. The highest BCUT2D eigenvalue weighted by molar-refractivity contribution is 5.79. The molecule has 1 aliphatic rings. The quantitative estimate of drug-likeness (QED) is 0.909. The molecule has 3 rings (SSSR count). The van der Waals surface area contributed by atoms with Gasteiger partial charge in [-0.2, -0.15) is 0 Å². The minimum absolute atomic E-state index is 0.0716. The maximum Gasteiger partial charge on any atom is 0.130 e. The van der Waals surface area contributed by atoms with Crippen molar-refractivity contribution in [2.24, 2.45) is 0 Å². The maximum absolute atomic E-state index is 9.74. The van der Waals surface area contributed by atoms with Crippen molar-refractivity contribution in [1.29, 1.82) is 0 Å². The highest BCUT2D eigenvalue weighted by atomic mass is 16.6. The summed E-state index contributed by atoms with van der Waals surface area (Å²) >= 11 is 0. The summed E-state index contributed by atoms with van der Waals surface area (Å²) in [5.74, 6) is 0.776. The van der Waals surface area contributed by atoms with E-state index in [-0.39, 0.29) is 12.2 Å². The maximum atomic E-state index is 9.74. The summed E-state index contributed by atoms with van der Waals surface area (Å²) in [6.07, 6.45) is 2.63. The molecule has 4 nitrogen and oxygen atoms in total. The number of hydrogen-bond donors (Lipinski definition) is 1. The van der Waals surface area contributed by atoms with Crippen LogP contribution in [-0.4, -0.2) is 35.0 Å². The lowest BCUT2D eigenvalue weighted by Crippen LogP contribution is -2.55. The van der Waals surface area contributed by atoms with Crippen molar-refractivity contribution in [1.82, 2.24) is 4.98 Å². The van der Waals surface area contributed by atoms with Crippen LogP contribution in [0.3, 0.4) is 0 Å². The molecule has 0 saturated heterocycles. The van der Waals surface area contributed by atoms with Gasteiger partial charge < -0.3 is 14.6 Å². The molecule has 20 heavy (non-hydrogen) atoms. The van der Waals surface area contributed by atoms with Gasteiger partial charge in [0, 0.05) is 30.7 Å². The fourth-order valence-electron chi connectivity index (χ4n) is 2.44. The van der Waals surface area contributed by atoms with Gasteiger partial charge in [-0.05, 0) is 24.6 Å². The Morgan fingerprint density at radius 1 is 1.35 bits per heavy atom. The van der Waals surface area contributed by atoms with Gasteiger partial charge >= 0.3 is 0 Å². The number of benzene rings is 1. The lowest BCUT2D eigenvalue weighted by Gasteiger charge is -2.40. The Labute approximate surface area is 118 Å². The van der Waals surface area contributed by atoms with Crippen molar-refractivity contribution < 1.29 is 14.6 Å². The van der Waals surface area contributed by atoms with Gasteiger partial charge in [0.2, 0.25) is 0 Å². The SMILES string of the molecule is CCCOC1C(O)CC1Oc1ccc2cccnc2c1. The zero-order chi connectivity index (χ0) is 13.9. The minimum atomic E-state index is -0.412. The van der Waals surface area contributed by atoms with Crippen molar-refractivity contribution >= 4 is 10.9 Å². The van der Waals surface area contributed by atoms with Gasteiger partial charge in [0.1, 0.15) is 18.0 Å². The van der Waals surface area contributed by atoms with Gasteiger partial charge in [0.05, 0.1) is 11.6 Å². The molecule has 1 aromatic heterocycles. The van der Waals surface area contributed by atoms with Crippen molar-refractivity contribution in [2.75, 3.05) is 6.61 Å². The first-order chi connectivity index (χ1) is 9.78. The Hall–Kier alpha value is -1.65. The molecule has 1 saturated carbocycles. The Morgan fingerprint density at radius 2 is 2.25 bits per heavy atom. The van der Waals surface area contributed by atoms with Crippen LogP contribution in [-0.2, 0) is 4.74 Å². The molecular formula is C16H19NO3. The zero-order valence-electron chi connectivity index (χ0n) is 11.5. The average Bonchev–Trinajstić information content (AvgIpc) is 2.47. The Bertz CT molecular complexity index is 587. The van der Waals surface area contributed by atoms with E-state index in [0.29, 0.717) is 13.0 Å². The molecule has 1 aromatic carbocycles. The predicted octanol–water partition coefficient (Wildman–Crippen LogP) is 2.54. The van der Waals surface area contributed by atoms with Crippen LogP contribution in [0, 0.1) is 0 Å². The van der Waals surface area contributed by atoms with Crippen molar-refractivity contribution in [3.05, 3.63) is 36.5 Å². The topological polar surface area (TPSA) is 51.6 Å². The van der Waals surface area contributed by atoms with Gasteiger partial charge in [-0.15, -0.1) is 0 Å². The molecule has 0 bridgehead atoms. The highest BCUT2D eigenvalue weighted by Gasteiger charge is 2.42. The van der Waals surface area contributed by atoms with Gasteiger partial charge in [-0.1, -0.05) is 13.0 Å².